The number of nitrogens with one attached hydrogen (secondary N) is 2. The molecule has 2 heterocycles. The van der Waals surface area contributed by atoms with E-state index in [0.717, 1.165) is 11.3 Å². The zero-order valence-electron chi connectivity index (χ0n) is 17.4. The number of hydrogen-bond donors (Lipinski definition) is 2. The van der Waals surface area contributed by atoms with Crippen molar-refractivity contribution in [3.63, 3.8) is 0 Å². The number of hydrogen-bond acceptors (Lipinski definition) is 5. The summed E-state index contributed by atoms with van der Waals surface area (Å²) in [5.74, 6) is 0.562. The standard InChI is InChI=1S/C23H22N4O3S/c1-14-7-9-17(10-8-14)27-22(29)21-19(11-15(2)24-21)26-23(27)31-13-20(28)25-16-5-4-6-18(12-16)30-3/h4-12,24H,13H2,1-3H3,(H,25,28). The number of carbonyl (C=O) groups is 1. The van der Waals surface area contributed by atoms with Crippen LogP contribution in [0.15, 0.2) is 64.5 Å². The van der Waals surface area contributed by atoms with E-state index in [2.05, 4.69) is 15.3 Å². The molecule has 4 aromatic rings. The van der Waals surface area contributed by atoms with Gasteiger partial charge < -0.3 is 15.0 Å². The SMILES string of the molecule is COc1cccc(NC(=O)CSc2nc3cc(C)[nH]c3c(=O)n2-c2ccc(C)cc2)c1. The van der Waals surface area contributed by atoms with Gasteiger partial charge in [0.1, 0.15) is 11.3 Å². The third kappa shape index (κ3) is 4.49. The van der Waals surface area contributed by atoms with Crippen molar-refractivity contribution in [1.82, 2.24) is 14.5 Å². The molecule has 2 aromatic heterocycles. The van der Waals surface area contributed by atoms with Gasteiger partial charge >= 0.3 is 0 Å². The molecule has 1 amide bonds. The molecule has 0 aliphatic heterocycles. The van der Waals surface area contributed by atoms with Crippen molar-refractivity contribution in [3.8, 4) is 11.4 Å². The summed E-state index contributed by atoms with van der Waals surface area (Å²) in [5.41, 5.74) is 4.13. The second-order valence-corrected chi connectivity index (χ2v) is 8.09. The Morgan fingerprint density at radius 2 is 1.94 bits per heavy atom. The summed E-state index contributed by atoms with van der Waals surface area (Å²) in [7, 11) is 1.58. The highest BCUT2D eigenvalue weighted by Crippen LogP contribution is 2.23. The third-order valence-corrected chi connectivity index (χ3v) is 5.67. The van der Waals surface area contributed by atoms with Gasteiger partial charge in [0.05, 0.1) is 24.1 Å². The van der Waals surface area contributed by atoms with Gasteiger partial charge in [0, 0.05) is 17.4 Å². The van der Waals surface area contributed by atoms with E-state index < -0.39 is 0 Å². The van der Waals surface area contributed by atoms with Crippen molar-refractivity contribution >= 4 is 34.4 Å². The largest absolute Gasteiger partial charge is 0.497 e. The van der Waals surface area contributed by atoms with Crippen LogP contribution in [0.5, 0.6) is 5.75 Å². The molecule has 4 rings (SSSR count). The Morgan fingerprint density at radius 1 is 1.16 bits per heavy atom. The first-order valence-corrected chi connectivity index (χ1v) is 10.7. The number of aromatic amines is 1. The van der Waals surface area contributed by atoms with Crippen LogP contribution in [0, 0.1) is 13.8 Å². The molecule has 0 aliphatic rings. The highest BCUT2D eigenvalue weighted by atomic mass is 32.2. The van der Waals surface area contributed by atoms with Crippen molar-refractivity contribution in [1.29, 1.82) is 0 Å². The Hall–Kier alpha value is -3.52. The molecule has 0 aliphatic carbocycles. The van der Waals surface area contributed by atoms with E-state index in [4.69, 9.17) is 4.74 Å². The zero-order valence-corrected chi connectivity index (χ0v) is 18.2. The van der Waals surface area contributed by atoms with E-state index in [1.165, 1.54) is 11.8 Å². The fourth-order valence-corrected chi connectivity index (χ4v) is 4.04. The molecule has 0 saturated heterocycles. The Morgan fingerprint density at radius 3 is 2.68 bits per heavy atom. The van der Waals surface area contributed by atoms with Crippen LogP contribution in [0.25, 0.3) is 16.7 Å². The Balaban J connectivity index is 1.64. The number of H-pyrrole nitrogens is 1. The van der Waals surface area contributed by atoms with Gasteiger partial charge in [-0.1, -0.05) is 35.5 Å². The number of aromatic nitrogens is 3. The number of aryl methyl sites for hydroxylation is 2. The maximum Gasteiger partial charge on any atom is 0.283 e. The molecule has 2 aromatic carbocycles. The Labute approximate surface area is 183 Å². The Kier molecular flexibility index (Phi) is 5.81. The minimum absolute atomic E-state index is 0.102. The van der Waals surface area contributed by atoms with Crippen molar-refractivity contribution in [3.05, 3.63) is 76.2 Å². The lowest BCUT2D eigenvalue weighted by molar-refractivity contribution is -0.113. The minimum atomic E-state index is -0.201. The average Bonchev–Trinajstić information content (AvgIpc) is 3.14. The summed E-state index contributed by atoms with van der Waals surface area (Å²) < 4.78 is 6.73. The summed E-state index contributed by atoms with van der Waals surface area (Å²) in [6.45, 7) is 3.87. The first-order valence-electron chi connectivity index (χ1n) is 9.71. The molecule has 0 saturated carbocycles. The molecule has 2 N–H and O–H groups in total. The fraction of sp³-hybridized carbons (Fsp3) is 0.174. The molecule has 0 unspecified atom stereocenters. The molecule has 31 heavy (non-hydrogen) atoms. The topological polar surface area (TPSA) is 89.0 Å². The van der Waals surface area contributed by atoms with Crippen LogP contribution in [0.4, 0.5) is 5.69 Å². The number of amides is 1. The van der Waals surface area contributed by atoms with E-state index in [-0.39, 0.29) is 17.2 Å². The fourth-order valence-electron chi connectivity index (χ4n) is 3.22. The molecule has 7 nitrogen and oxygen atoms in total. The number of benzene rings is 2. The number of thioether (sulfide) groups is 1. The molecule has 158 valence electrons. The molecule has 0 atom stereocenters. The first-order chi connectivity index (χ1) is 14.9. The summed E-state index contributed by atoms with van der Waals surface area (Å²) in [6, 6.07) is 16.6. The number of rotatable bonds is 6. The van der Waals surface area contributed by atoms with Crippen molar-refractivity contribution in [2.45, 2.75) is 19.0 Å². The predicted molar refractivity (Wildman–Crippen MR) is 124 cm³/mol. The van der Waals surface area contributed by atoms with Crippen LogP contribution in [-0.2, 0) is 4.79 Å². The average molecular weight is 435 g/mol. The number of methoxy groups -OCH3 is 1. The smallest absolute Gasteiger partial charge is 0.283 e. The molecule has 0 radical (unpaired) electrons. The van der Waals surface area contributed by atoms with Crippen molar-refractivity contribution in [2.75, 3.05) is 18.2 Å². The van der Waals surface area contributed by atoms with E-state index in [1.54, 1.807) is 29.9 Å². The van der Waals surface area contributed by atoms with Gasteiger partial charge in [0.25, 0.3) is 5.56 Å². The van der Waals surface area contributed by atoms with Gasteiger partial charge in [-0.05, 0) is 44.2 Å². The maximum atomic E-state index is 13.2. The number of ether oxygens (including phenoxy) is 1. The first kappa shape index (κ1) is 20.7. The highest BCUT2D eigenvalue weighted by Gasteiger charge is 2.16. The lowest BCUT2D eigenvalue weighted by Crippen LogP contribution is -2.23. The normalized spacial score (nSPS) is 10.9. The summed E-state index contributed by atoms with van der Waals surface area (Å²) in [6.07, 6.45) is 0. The van der Waals surface area contributed by atoms with E-state index in [9.17, 15) is 9.59 Å². The molecule has 0 bridgehead atoms. The van der Waals surface area contributed by atoms with E-state index >= 15 is 0 Å². The minimum Gasteiger partial charge on any atom is -0.497 e. The van der Waals surface area contributed by atoms with Crippen LogP contribution in [0.3, 0.4) is 0 Å². The summed E-state index contributed by atoms with van der Waals surface area (Å²) in [4.78, 5) is 33.5. The zero-order chi connectivity index (χ0) is 22.0. The third-order valence-electron chi connectivity index (χ3n) is 4.73. The number of fused-ring (bicyclic) bond motifs is 1. The number of nitrogens with zero attached hydrogens (tertiary/aromatic N) is 2. The summed E-state index contributed by atoms with van der Waals surface area (Å²) in [5, 5.41) is 3.31. The van der Waals surface area contributed by atoms with Gasteiger partial charge in [-0.15, -0.1) is 0 Å². The second kappa shape index (κ2) is 8.69. The van der Waals surface area contributed by atoms with Gasteiger partial charge in [0.2, 0.25) is 5.91 Å². The molecule has 0 spiro atoms. The lowest BCUT2D eigenvalue weighted by Gasteiger charge is -2.12. The van der Waals surface area contributed by atoms with Crippen LogP contribution in [0.2, 0.25) is 0 Å². The molecule has 8 heteroatoms. The summed E-state index contributed by atoms with van der Waals surface area (Å²) >= 11 is 1.22. The van der Waals surface area contributed by atoms with Gasteiger partial charge in [-0.2, -0.15) is 0 Å². The van der Waals surface area contributed by atoms with Crippen molar-refractivity contribution < 1.29 is 9.53 Å². The number of anilines is 1. The molecular formula is C23H22N4O3S. The number of carbonyl (C=O) groups excluding carboxylic acids is 1. The predicted octanol–water partition coefficient (Wildman–Crippen LogP) is 4.07. The highest BCUT2D eigenvalue weighted by molar-refractivity contribution is 7.99. The second-order valence-electron chi connectivity index (χ2n) is 7.15. The van der Waals surface area contributed by atoms with Crippen LogP contribution >= 0.6 is 11.8 Å². The van der Waals surface area contributed by atoms with E-state index in [1.807, 2.05) is 50.2 Å². The quantitative estimate of drug-likeness (QED) is 0.353. The lowest BCUT2D eigenvalue weighted by atomic mass is 10.2. The van der Waals surface area contributed by atoms with E-state index in [0.29, 0.717) is 33.3 Å². The Bertz CT molecular complexity index is 1310. The van der Waals surface area contributed by atoms with Gasteiger partial charge in [-0.3, -0.25) is 14.2 Å². The van der Waals surface area contributed by atoms with Gasteiger partial charge in [-0.25, -0.2) is 4.98 Å². The molecular weight excluding hydrogens is 412 g/mol. The monoisotopic (exact) mass is 434 g/mol. The van der Waals surface area contributed by atoms with Crippen molar-refractivity contribution in [2.24, 2.45) is 0 Å². The van der Waals surface area contributed by atoms with Crippen LogP contribution in [0.1, 0.15) is 11.3 Å². The van der Waals surface area contributed by atoms with Gasteiger partial charge in [0.15, 0.2) is 5.16 Å². The maximum absolute atomic E-state index is 13.2. The molecule has 0 fully saturated rings. The van der Waals surface area contributed by atoms with Crippen LogP contribution < -0.4 is 15.6 Å². The van der Waals surface area contributed by atoms with Crippen LogP contribution in [-0.4, -0.2) is 33.3 Å².